The Morgan fingerprint density at radius 3 is 2.82 bits per heavy atom. The van der Waals surface area contributed by atoms with E-state index in [0.717, 1.165) is 31.9 Å². The van der Waals surface area contributed by atoms with Gasteiger partial charge >= 0.3 is 0 Å². The molecule has 0 radical (unpaired) electrons. The maximum absolute atomic E-state index is 5.44. The lowest BCUT2D eigenvalue weighted by Gasteiger charge is -2.18. The van der Waals surface area contributed by atoms with Crippen molar-refractivity contribution < 1.29 is 0 Å². The fourth-order valence-electron chi connectivity index (χ4n) is 1.29. The van der Waals surface area contributed by atoms with E-state index < -0.39 is 0 Å². The first kappa shape index (κ1) is 8.49. The first-order valence-corrected chi connectivity index (χ1v) is 4.07. The number of hydrogen-bond acceptors (Lipinski definition) is 4. The van der Waals surface area contributed by atoms with Crippen molar-refractivity contribution in [3.8, 4) is 0 Å². The Morgan fingerprint density at radius 2 is 2.18 bits per heavy atom. The van der Waals surface area contributed by atoms with Crippen LogP contribution in [0.2, 0.25) is 0 Å². The summed E-state index contributed by atoms with van der Waals surface area (Å²) >= 11 is 0. The van der Waals surface area contributed by atoms with E-state index in [2.05, 4.69) is 9.89 Å². The molecule has 0 saturated carbocycles. The molecule has 0 spiro atoms. The fraction of sp³-hybridized carbons (Fsp3) is 0.857. The molecule has 4 heteroatoms. The quantitative estimate of drug-likeness (QED) is 0.549. The highest BCUT2D eigenvalue weighted by Gasteiger charge is 2.13. The van der Waals surface area contributed by atoms with Crippen molar-refractivity contribution in [2.24, 2.45) is 16.5 Å². The van der Waals surface area contributed by atoms with E-state index in [4.69, 9.17) is 11.5 Å². The third kappa shape index (κ3) is 2.17. The zero-order valence-corrected chi connectivity index (χ0v) is 6.79. The minimum atomic E-state index is 0.680. The normalized spacial score (nSPS) is 17.3. The number of nitrogens with two attached hydrogens (primary N) is 2. The van der Waals surface area contributed by atoms with Gasteiger partial charge in [-0.05, 0) is 6.54 Å². The molecule has 0 fully saturated rings. The summed E-state index contributed by atoms with van der Waals surface area (Å²) in [5.41, 5.74) is 10.9. The maximum atomic E-state index is 5.44. The summed E-state index contributed by atoms with van der Waals surface area (Å²) in [4.78, 5) is 6.55. The number of rotatable bonds is 4. The lowest BCUT2D eigenvalue weighted by molar-refractivity contribution is 0.460. The second-order valence-electron chi connectivity index (χ2n) is 2.61. The van der Waals surface area contributed by atoms with Gasteiger partial charge in [0, 0.05) is 26.1 Å². The van der Waals surface area contributed by atoms with Crippen LogP contribution in [0.3, 0.4) is 0 Å². The summed E-state index contributed by atoms with van der Waals surface area (Å²) < 4.78 is 0. The van der Waals surface area contributed by atoms with E-state index in [1.165, 1.54) is 0 Å². The fourth-order valence-corrected chi connectivity index (χ4v) is 1.29. The number of nitrogens with zero attached hydrogens (tertiary/aromatic N) is 2. The second-order valence-corrected chi connectivity index (χ2v) is 2.61. The molecular formula is C7H16N4. The van der Waals surface area contributed by atoms with Crippen molar-refractivity contribution in [3.63, 3.8) is 0 Å². The molecule has 0 aromatic rings. The van der Waals surface area contributed by atoms with Gasteiger partial charge in [0.1, 0.15) is 5.84 Å². The third-order valence-electron chi connectivity index (χ3n) is 1.80. The summed E-state index contributed by atoms with van der Waals surface area (Å²) in [5.74, 6) is 1.14. The Kier molecular flexibility index (Phi) is 3.32. The molecule has 0 aromatic carbocycles. The topological polar surface area (TPSA) is 67.6 Å². The molecule has 0 atom stereocenters. The van der Waals surface area contributed by atoms with Crippen LogP contribution in [0.25, 0.3) is 0 Å². The van der Waals surface area contributed by atoms with Crippen LogP contribution in [-0.2, 0) is 0 Å². The first-order valence-electron chi connectivity index (χ1n) is 4.07. The molecule has 0 bridgehead atoms. The van der Waals surface area contributed by atoms with Crippen molar-refractivity contribution in [2.75, 3.05) is 32.7 Å². The zero-order chi connectivity index (χ0) is 8.10. The van der Waals surface area contributed by atoms with Gasteiger partial charge in [-0.3, -0.25) is 4.99 Å². The third-order valence-corrected chi connectivity index (χ3v) is 1.80. The van der Waals surface area contributed by atoms with Crippen molar-refractivity contribution in [1.82, 2.24) is 4.90 Å². The largest absolute Gasteiger partial charge is 0.357 e. The van der Waals surface area contributed by atoms with E-state index in [1.54, 1.807) is 0 Å². The van der Waals surface area contributed by atoms with Gasteiger partial charge in [-0.2, -0.15) is 0 Å². The van der Waals surface area contributed by atoms with Crippen LogP contribution in [0.5, 0.6) is 0 Å². The van der Waals surface area contributed by atoms with Crippen LogP contribution < -0.4 is 11.5 Å². The van der Waals surface area contributed by atoms with E-state index in [1.807, 2.05) is 0 Å². The van der Waals surface area contributed by atoms with E-state index in [9.17, 15) is 0 Å². The highest BCUT2D eigenvalue weighted by molar-refractivity contribution is 5.83. The molecule has 0 unspecified atom stereocenters. The average molecular weight is 156 g/mol. The Balaban J connectivity index is 2.35. The summed E-state index contributed by atoms with van der Waals surface area (Å²) in [6.07, 6.45) is 0.889. The molecule has 0 aliphatic carbocycles. The van der Waals surface area contributed by atoms with Gasteiger partial charge in [0.05, 0.1) is 6.54 Å². The highest BCUT2D eigenvalue weighted by Crippen LogP contribution is 2.02. The van der Waals surface area contributed by atoms with Gasteiger partial charge in [0.2, 0.25) is 0 Å². The van der Waals surface area contributed by atoms with E-state index in [-0.39, 0.29) is 0 Å². The van der Waals surface area contributed by atoms with E-state index in [0.29, 0.717) is 13.1 Å². The average Bonchev–Trinajstić information content (AvgIpc) is 2.39. The SMILES string of the molecule is NCCC1=NCCN1CCN. The van der Waals surface area contributed by atoms with Gasteiger partial charge in [-0.25, -0.2) is 0 Å². The Bertz CT molecular complexity index is 143. The molecule has 0 amide bonds. The van der Waals surface area contributed by atoms with Gasteiger partial charge < -0.3 is 16.4 Å². The highest BCUT2D eigenvalue weighted by atomic mass is 15.2. The van der Waals surface area contributed by atoms with Crippen LogP contribution in [0.15, 0.2) is 4.99 Å². The molecule has 64 valence electrons. The molecule has 1 heterocycles. The summed E-state index contributed by atoms with van der Waals surface area (Å²) in [6.45, 7) is 4.23. The predicted molar refractivity (Wildman–Crippen MR) is 46.6 cm³/mol. The minimum Gasteiger partial charge on any atom is -0.357 e. The molecule has 4 N–H and O–H groups in total. The maximum Gasteiger partial charge on any atom is 0.100 e. The minimum absolute atomic E-state index is 0.680. The molecule has 11 heavy (non-hydrogen) atoms. The monoisotopic (exact) mass is 156 g/mol. The Hall–Kier alpha value is -0.610. The summed E-state index contributed by atoms with van der Waals surface area (Å²) in [7, 11) is 0. The Morgan fingerprint density at radius 1 is 1.36 bits per heavy atom. The van der Waals surface area contributed by atoms with Crippen molar-refractivity contribution in [1.29, 1.82) is 0 Å². The van der Waals surface area contributed by atoms with Crippen molar-refractivity contribution >= 4 is 5.84 Å². The molecule has 1 aliphatic heterocycles. The van der Waals surface area contributed by atoms with Crippen molar-refractivity contribution in [2.45, 2.75) is 6.42 Å². The zero-order valence-electron chi connectivity index (χ0n) is 6.79. The summed E-state index contributed by atoms with van der Waals surface area (Å²) in [5, 5.41) is 0. The first-order chi connectivity index (χ1) is 5.38. The van der Waals surface area contributed by atoms with Crippen LogP contribution in [0, 0.1) is 0 Å². The lowest BCUT2D eigenvalue weighted by atomic mass is 10.3. The molecule has 1 aliphatic rings. The number of aliphatic imine (C=N–C) groups is 1. The Labute approximate surface area is 67.3 Å². The lowest BCUT2D eigenvalue weighted by Crippen LogP contribution is -2.33. The number of hydrogen-bond donors (Lipinski definition) is 2. The predicted octanol–water partition coefficient (Wildman–Crippen LogP) is -0.992. The van der Waals surface area contributed by atoms with Crippen LogP contribution >= 0.6 is 0 Å². The molecule has 0 saturated heterocycles. The van der Waals surface area contributed by atoms with E-state index >= 15 is 0 Å². The van der Waals surface area contributed by atoms with Gasteiger partial charge in [0.15, 0.2) is 0 Å². The molecule has 1 rings (SSSR count). The second kappa shape index (κ2) is 4.31. The van der Waals surface area contributed by atoms with Gasteiger partial charge in [0.25, 0.3) is 0 Å². The van der Waals surface area contributed by atoms with Crippen molar-refractivity contribution in [3.05, 3.63) is 0 Å². The smallest absolute Gasteiger partial charge is 0.100 e. The summed E-state index contributed by atoms with van der Waals surface area (Å²) in [6, 6.07) is 0. The van der Waals surface area contributed by atoms with Crippen LogP contribution in [0.1, 0.15) is 6.42 Å². The van der Waals surface area contributed by atoms with Gasteiger partial charge in [-0.1, -0.05) is 0 Å². The van der Waals surface area contributed by atoms with Crippen LogP contribution in [-0.4, -0.2) is 43.5 Å². The molecular weight excluding hydrogens is 140 g/mol. The molecule has 4 nitrogen and oxygen atoms in total. The van der Waals surface area contributed by atoms with Gasteiger partial charge in [-0.15, -0.1) is 0 Å². The molecule has 0 aromatic heterocycles. The number of amidine groups is 1. The van der Waals surface area contributed by atoms with Crippen LogP contribution in [0.4, 0.5) is 0 Å². The standard InChI is InChI=1S/C7H16N4/c8-2-1-7-10-4-6-11(7)5-3-9/h1-6,8-9H2.